The fourth-order valence-corrected chi connectivity index (χ4v) is 2.28. The SMILES string of the molecule is CCOCCS(=O)(=O)NCc1cccc(CO)c1. The van der Waals surface area contributed by atoms with E-state index in [1.165, 1.54) is 0 Å². The van der Waals surface area contributed by atoms with Gasteiger partial charge in [0, 0.05) is 13.2 Å². The molecule has 1 rings (SSSR count). The zero-order valence-electron chi connectivity index (χ0n) is 10.4. The van der Waals surface area contributed by atoms with Crippen molar-refractivity contribution in [3.63, 3.8) is 0 Å². The normalized spacial score (nSPS) is 11.7. The first kappa shape index (κ1) is 15.1. The third-order valence-electron chi connectivity index (χ3n) is 2.37. The Bertz CT molecular complexity index is 459. The maximum absolute atomic E-state index is 11.6. The van der Waals surface area contributed by atoms with Gasteiger partial charge in [-0.1, -0.05) is 24.3 Å². The molecule has 5 nitrogen and oxygen atoms in total. The van der Waals surface area contributed by atoms with Gasteiger partial charge >= 0.3 is 0 Å². The summed E-state index contributed by atoms with van der Waals surface area (Å²) >= 11 is 0. The summed E-state index contributed by atoms with van der Waals surface area (Å²) in [6.45, 7) is 2.70. The number of aliphatic hydroxyl groups is 1. The van der Waals surface area contributed by atoms with Crippen LogP contribution in [-0.2, 0) is 27.9 Å². The Morgan fingerprint density at radius 1 is 1.33 bits per heavy atom. The quantitative estimate of drug-likeness (QED) is 0.681. The smallest absolute Gasteiger partial charge is 0.214 e. The standard InChI is InChI=1S/C12H19NO4S/c1-2-17-6-7-18(15,16)13-9-11-4-3-5-12(8-11)10-14/h3-5,8,13-14H,2,6-7,9-10H2,1H3. The Balaban J connectivity index is 2.48. The molecule has 2 N–H and O–H groups in total. The summed E-state index contributed by atoms with van der Waals surface area (Å²) in [6, 6.07) is 7.15. The Morgan fingerprint density at radius 2 is 2.06 bits per heavy atom. The molecule has 0 aliphatic heterocycles. The third kappa shape index (κ3) is 5.59. The highest BCUT2D eigenvalue weighted by molar-refractivity contribution is 7.89. The molecule has 0 aliphatic carbocycles. The molecule has 18 heavy (non-hydrogen) atoms. The van der Waals surface area contributed by atoms with Crippen LogP contribution < -0.4 is 4.72 Å². The van der Waals surface area contributed by atoms with Crippen LogP contribution in [0.25, 0.3) is 0 Å². The van der Waals surface area contributed by atoms with E-state index in [0.717, 1.165) is 11.1 Å². The van der Waals surface area contributed by atoms with E-state index in [9.17, 15) is 8.42 Å². The summed E-state index contributed by atoms with van der Waals surface area (Å²) in [4.78, 5) is 0. The number of aliphatic hydroxyl groups excluding tert-OH is 1. The van der Waals surface area contributed by atoms with E-state index in [0.29, 0.717) is 6.61 Å². The van der Waals surface area contributed by atoms with Gasteiger partial charge < -0.3 is 9.84 Å². The number of hydrogen-bond donors (Lipinski definition) is 2. The lowest BCUT2D eigenvalue weighted by Crippen LogP contribution is -2.28. The van der Waals surface area contributed by atoms with Crippen molar-refractivity contribution in [1.82, 2.24) is 4.72 Å². The van der Waals surface area contributed by atoms with Gasteiger partial charge in [0.25, 0.3) is 0 Å². The van der Waals surface area contributed by atoms with Crippen LogP contribution >= 0.6 is 0 Å². The van der Waals surface area contributed by atoms with Crippen LogP contribution in [0.3, 0.4) is 0 Å². The van der Waals surface area contributed by atoms with Crippen molar-refractivity contribution in [2.24, 2.45) is 0 Å². The average Bonchev–Trinajstić information content (AvgIpc) is 2.37. The fourth-order valence-electron chi connectivity index (χ4n) is 1.42. The third-order valence-corrected chi connectivity index (χ3v) is 3.66. The van der Waals surface area contributed by atoms with Gasteiger partial charge in [-0.2, -0.15) is 0 Å². The first-order valence-corrected chi connectivity index (χ1v) is 7.46. The summed E-state index contributed by atoms with van der Waals surface area (Å²) in [5.41, 5.74) is 1.59. The van der Waals surface area contributed by atoms with E-state index in [-0.39, 0.29) is 25.5 Å². The second-order valence-corrected chi connectivity index (χ2v) is 5.74. The van der Waals surface area contributed by atoms with Crippen LogP contribution in [0, 0.1) is 0 Å². The molecule has 0 fully saturated rings. The monoisotopic (exact) mass is 273 g/mol. The predicted molar refractivity (Wildman–Crippen MR) is 69.5 cm³/mol. The second-order valence-electron chi connectivity index (χ2n) is 3.81. The molecule has 0 unspecified atom stereocenters. The predicted octanol–water partition coefficient (Wildman–Crippen LogP) is 0.635. The van der Waals surface area contributed by atoms with Crippen LogP contribution in [-0.4, -0.2) is 32.5 Å². The maximum atomic E-state index is 11.6. The molecule has 1 aromatic carbocycles. The lowest BCUT2D eigenvalue weighted by Gasteiger charge is -2.07. The van der Waals surface area contributed by atoms with Gasteiger partial charge in [0.1, 0.15) is 0 Å². The van der Waals surface area contributed by atoms with Crippen molar-refractivity contribution >= 4 is 10.0 Å². The maximum Gasteiger partial charge on any atom is 0.214 e. The average molecular weight is 273 g/mol. The van der Waals surface area contributed by atoms with Gasteiger partial charge in [0.05, 0.1) is 19.0 Å². The molecule has 6 heteroatoms. The van der Waals surface area contributed by atoms with Crippen LogP contribution in [0.5, 0.6) is 0 Å². The fraction of sp³-hybridized carbons (Fsp3) is 0.500. The summed E-state index contributed by atoms with van der Waals surface area (Å²) in [5, 5.41) is 8.98. The van der Waals surface area contributed by atoms with Crippen LogP contribution in [0.4, 0.5) is 0 Å². The molecule has 1 aromatic rings. The molecule has 0 saturated carbocycles. The Kier molecular flexibility index (Phi) is 6.28. The number of benzene rings is 1. The van der Waals surface area contributed by atoms with Crippen molar-refractivity contribution in [1.29, 1.82) is 0 Å². The zero-order valence-corrected chi connectivity index (χ0v) is 11.2. The van der Waals surface area contributed by atoms with Crippen LogP contribution in [0.2, 0.25) is 0 Å². The molecular formula is C12H19NO4S. The van der Waals surface area contributed by atoms with Crippen molar-refractivity contribution in [2.75, 3.05) is 19.0 Å². The highest BCUT2D eigenvalue weighted by Crippen LogP contribution is 2.05. The van der Waals surface area contributed by atoms with Gasteiger partial charge in [0.15, 0.2) is 0 Å². The first-order valence-electron chi connectivity index (χ1n) is 5.81. The molecule has 0 aromatic heterocycles. The molecular weight excluding hydrogens is 254 g/mol. The van der Waals surface area contributed by atoms with E-state index >= 15 is 0 Å². The van der Waals surface area contributed by atoms with Crippen LogP contribution in [0.1, 0.15) is 18.1 Å². The van der Waals surface area contributed by atoms with E-state index in [1.54, 1.807) is 18.2 Å². The minimum Gasteiger partial charge on any atom is -0.392 e. The van der Waals surface area contributed by atoms with Crippen LogP contribution in [0.15, 0.2) is 24.3 Å². The van der Waals surface area contributed by atoms with Gasteiger partial charge in [-0.15, -0.1) is 0 Å². The van der Waals surface area contributed by atoms with Gasteiger partial charge in [0.2, 0.25) is 10.0 Å². The molecule has 0 aliphatic rings. The number of rotatable bonds is 8. The number of ether oxygens (including phenoxy) is 1. The molecule has 0 spiro atoms. The molecule has 0 saturated heterocycles. The molecule has 0 bridgehead atoms. The van der Waals surface area contributed by atoms with Crippen molar-refractivity contribution < 1.29 is 18.3 Å². The lowest BCUT2D eigenvalue weighted by atomic mass is 10.1. The Hall–Kier alpha value is -0.950. The minimum atomic E-state index is -3.31. The highest BCUT2D eigenvalue weighted by Gasteiger charge is 2.09. The largest absolute Gasteiger partial charge is 0.392 e. The zero-order chi connectivity index (χ0) is 13.4. The summed E-state index contributed by atoms with van der Waals surface area (Å²) in [7, 11) is -3.31. The van der Waals surface area contributed by atoms with Crippen molar-refractivity contribution in [3.05, 3.63) is 35.4 Å². The van der Waals surface area contributed by atoms with Gasteiger partial charge in [-0.05, 0) is 18.1 Å². The number of hydrogen-bond acceptors (Lipinski definition) is 4. The number of nitrogens with one attached hydrogen (secondary N) is 1. The highest BCUT2D eigenvalue weighted by atomic mass is 32.2. The topological polar surface area (TPSA) is 75.6 Å². The lowest BCUT2D eigenvalue weighted by molar-refractivity contribution is 0.163. The van der Waals surface area contributed by atoms with Crippen molar-refractivity contribution in [3.8, 4) is 0 Å². The van der Waals surface area contributed by atoms with E-state index in [4.69, 9.17) is 9.84 Å². The number of sulfonamides is 1. The molecule has 0 amide bonds. The van der Waals surface area contributed by atoms with E-state index in [2.05, 4.69) is 4.72 Å². The van der Waals surface area contributed by atoms with Crippen molar-refractivity contribution in [2.45, 2.75) is 20.1 Å². The molecule has 0 radical (unpaired) electrons. The van der Waals surface area contributed by atoms with Gasteiger partial charge in [-0.3, -0.25) is 0 Å². The molecule has 0 atom stereocenters. The van der Waals surface area contributed by atoms with E-state index in [1.807, 2.05) is 13.0 Å². The molecule has 0 heterocycles. The van der Waals surface area contributed by atoms with Gasteiger partial charge in [-0.25, -0.2) is 13.1 Å². The Labute approximate surface area is 108 Å². The Morgan fingerprint density at radius 3 is 2.72 bits per heavy atom. The minimum absolute atomic E-state index is 0.0411. The second kappa shape index (κ2) is 7.48. The van der Waals surface area contributed by atoms with E-state index < -0.39 is 10.0 Å². The summed E-state index contributed by atoms with van der Waals surface area (Å²) in [6.07, 6.45) is 0. The molecule has 102 valence electrons. The summed E-state index contributed by atoms with van der Waals surface area (Å²) in [5.74, 6) is -0.0411. The first-order chi connectivity index (χ1) is 8.57. The summed E-state index contributed by atoms with van der Waals surface area (Å²) < 4.78 is 30.7.